The van der Waals surface area contributed by atoms with Gasteiger partial charge in [0.1, 0.15) is 0 Å². The number of ketones is 1. The SMILES string of the molecule is [CH]C(=O)/C=C/N1CCOCC1. The molecule has 1 fully saturated rings. The minimum absolute atomic E-state index is 0.406. The molecule has 0 saturated carbocycles. The van der Waals surface area contributed by atoms with Crippen molar-refractivity contribution in [3.05, 3.63) is 19.2 Å². The smallest absolute Gasteiger partial charge is 0.161 e. The highest BCUT2D eigenvalue weighted by atomic mass is 16.5. The predicted octanol–water partition coefficient (Wildman–Crippen LogP) is 0.112. The summed E-state index contributed by atoms with van der Waals surface area (Å²) in [5.41, 5.74) is 0. The Labute approximate surface area is 66.6 Å². The van der Waals surface area contributed by atoms with Crippen molar-refractivity contribution in [2.75, 3.05) is 26.3 Å². The number of carbonyl (C=O) groups excluding carboxylic acids is 1. The van der Waals surface area contributed by atoms with Gasteiger partial charge in [-0.3, -0.25) is 4.79 Å². The Bertz CT molecular complexity index is 159. The fraction of sp³-hybridized carbons (Fsp3) is 0.500. The largest absolute Gasteiger partial charge is 0.378 e. The van der Waals surface area contributed by atoms with Gasteiger partial charge in [0.2, 0.25) is 0 Å². The summed E-state index contributed by atoms with van der Waals surface area (Å²) in [6, 6.07) is 0. The summed E-state index contributed by atoms with van der Waals surface area (Å²) < 4.78 is 5.11. The number of nitrogens with zero attached hydrogens (tertiary/aromatic N) is 1. The van der Waals surface area contributed by atoms with E-state index in [1.54, 1.807) is 6.20 Å². The molecule has 1 heterocycles. The second kappa shape index (κ2) is 4.13. The number of rotatable bonds is 2. The molecule has 0 aromatic heterocycles. The Morgan fingerprint density at radius 1 is 1.45 bits per heavy atom. The van der Waals surface area contributed by atoms with Crippen LogP contribution in [0.25, 0.3) is 0 Å². The van der Waals surface area contributed by atoms with Gasteiger partial charge in [-0.1, -0.05) is 0 Å². The van der Waals surface area contributed by atoms with E-state index < -0.39 is 5.78 Å². The highest BCUT2D eigenvalue weighted by molar-refractivity contribution is 5.93. The van der Waals surface area contributed by atoms with E-state index in [-0.39, 0.29) is 0 Å². The molecule has 0 bridgehead atoms. The van der Waals surface area contributed by atoms with Crippen LogP contribution in [0.2, 0.25) is 0 Å². The van der Waals surface area contributed by atoms with E-state index in [4.69, 9.17) is 11.7 Å². The molecule has 0 aromatic carbocycles. The molecular weight excluding hydrogens is 142 g/mol. The van der Waals surface area contributed by atoms with Crippen LogP contribution < -0.4 is 0 Å². The third-order valence-electron chi connectivity index (χ3n) is 1.50. The summed E-state index contributed by atoms with van der Waals surface area (Å²) in [4.78, 5) is 12.3. The normalized spacial score (nSPS) is 19.2. The van der Waals surface area contributed by atoms with Gasteiger partial charge in [-0.25, -0.2) is 0 Å². The van der Waals surface area contributed by atoms with Crippen molar-refractivity contribution in [1.82, 2.24) is 4.90 Å². The van der Waals surface area contributed by atoms with E-state index in [2.05, 4.69) is 0 Å². The average molecular weight is 153 g/mol. The monoisotopic (exact) mass is 153 g/mol. The van der Waals surface area contributed by atoms with Crippen molar-refractivity contribution in [2.24, 2.45) is 0 Å². The Kier molecular flexibility index (Phi) is 3.11. The quantitative estimate of drug-likeness (QED) is 0.527. The molecular formula is C8H11NO2. The Morgan fingerprint density at radius 2 is 2.09 bits per heavy atom. The third kappa shape index (κ3) is 3.18. The van der Waals surface area contributed by atoms with Crippen molar-refractivity contribution in [2.45, 2.75) is 0 Å². The lowest BCUT2D eigenvalue weighted by Crippen LogP contribution is -2.32. The maximum atomic E-state index is 10.3. The van der Waals surface area contributed by atoms with Gasteiger partial charge < -0.3 is 9.64 Å². The molecule has 1 aliphatic heterocycles. The van der Waals surface area contributed by atoms with Gasteiger partial charge in [0.05, 0.1) is 13.2 Å². The van der Waals surface area contributed by atoms with E-state index >= 15 is 0 Å². The lowest BCUT2D eigenvalue weighted by atomic mass is 10.4. The molecule has 0 atom stereocenters. The van der Waals surface area contributed by atoms with Crippen LogP contribution >= 0.6 is 0 Å². The summed E-state index contributed by atoms with van der Waals surface area (Å²) in [6.07, 6.45) is 3.08. The summed E-state index contributed by atoms with van der Waals surface area (Å²) >= 11 is 0. The first kappa shape index (κ1) is 8.27. The maximum Gasteiger partial charge on any atom is 0.161 e. The van der Waals surface area contributed by atoms with Crippen LogP contribution in [-0.2, 0) is 9.53 Å². The van der Waals surface area contributed by atoms with Gasteiger partial charge in [-0.05, 0) is 6.08 Å². The first-order chi connectivity index (χ1) is 5.29. The second-order valence-electron chi connectivity index (χ2n) is 2.37. The lowest BCUT2D eigenvalue weighted by Gasteiger charge is -2.24. The average Bonchev–Trinajstić information content (AvgIpc) is 2.03. The standard InChI is InChI=1S/C8H11NO2/c1-8(10)2-3-9-4-6-11-7-5-9/h1-3H,4-7H2/b3-2+. The molecule has 60 valence electrons. The maximum absolute atomic E-state index is 10.3. The van der Waals surface area contributed by atoms with E-state index in [1.165, 1.54) is 6.08 Å². The molecule has 0 unspecified atom stereocenters. The topological polar surface area (TPSA) is 29.5 Å². The van der Waals surface area contributed by atoms with E-state index in [1.807, 2.05) is 4.90 Å². The van der Waals surface area contributed by atoms with Crippen LogP contribution in [-0.4, -0.2) is 37.0 Å². The van der Waals surface area contributed by atoms with Crippen LogP contribution in [0.5, 0.6) is 0 Å². The minimum Gasteiger partial charge on any atom is -0.378 e. The van der Waals surface area contributed by atoms with Crippen molar-refractivity contribution in [3.8, 4) is 0 Å². The van der Waals surface area contributed by atoms with Gasteiger partial charge >= 0.3 is 0 Å². The van der Waals surface area contributed by atoms with Crippen molar-refractivity contribution >= 4 is 5.78 Å². The fourth-order valence-electron chi connectivity index (χ4n) is 0.905. The Hall–Kier alpha value is -0.830. The summed E-state index contributed by atoms with van der Waals surface area (Å²) in [5, 5.41) is 0. The van der Waals surface area contributed by atoms with Crippen LogP contribution in [0.15, 0.2) is 12.3 Å². The molecule has 3 heteroatoms. The number of allylic oxidation sites excluding steroid dienone is 1. The molecule has 1 rings (SSSR count). The lowest BCUT2D eigenvalue weighted by molar-refractivity contribution is -0.110. The third-order valence-corrected chi connectivity index (χ3v) is 1.50. The first-order valence-electron chi connectivity index (χ1n) is 3.58. The molecule has 1 saturated heterocycles. The molecule has 0 aliphatic carbocycles. The molecule has 3 nitrogen and oxygen atoms in total. The van der Waals surface area contributed by atoms with Crippen molar-refractivity contribution in [3.63, 3.8) is 0 Å². The predicted molar refractivity (Wildman–Crippen MR) is 40.8 cm³/mol. The number of hydrogen-bond donors (Lipinski definition) is 0. The van der Waals surface area contributed by atoms with Gasteiger partial charge in [0, 0.05) is 26.2 Å². The summed E-state index contributed by atoms with van der Waals surface area (Å²) in [7, 11) is 0. The molecule has 0 spiro atoms. The molecule has 2 radical (unpaired) electrons. The molecule has 0 amide bonds. The van der Waals surface area contributed by atoms with Crippen LogP contribution in [0, 0.1) is 6.92 Å². The number of ether oxygens (including phenoxy) is 1. The zero-order valence-electron chi connectivity index (χ0n) is 6.32. The zero-order valence-corrected chi connectivity index (χ0v) is 6.32. The van der Waals surface area contributed by atoms with Crippen molar-refractivity contribution < 1.29 is 9.53 Å². The van der Waals surface area contributed by atoms with Gasteiger partial charge in [-0.15, -0.1) is 0 Å². The second-order valence-corrected chi connectivity index (χ2v) is 2.37. The van der Waals surface area contributed by atoms with Gasteiger partial charge in [0.15, 0.2) is 5.78 Å². The fourth-order valence-corrected chi connectivity index (χ4v) is 0.905. The molecule has 0 N–H and O–H groups in total. The van der Waals surface area contributed by atoms with Crippen LogP contribution in [0.4, 0.5) is 0 Å². The summed E-state index contributed by atoms with van der Waals surface area (Å²) in [5.74, 6) is -0.406. The van der Waals surface area contributed by atoms with E-state index in [0.29, 0.717) is 0 Å². The highest BCUT2D eigenvalue weighted by Crippen LogP contribution is 1.96. The van der Waals surface area contributed by atoms with Gasteiger partial charge in [0.25, 0.3) is 0 Å². The molecule has 0 aromatic rings. The van der Waals surface area contributed by atoms with Crippen LogP contribution in [0.3, 0.4) is 0 Å². The number of hydrogen-bond acceptors (Lipinski definition) is 3. The van der Waals surface area contributed by atoms with Crippen molar-refractivity contribution in [1.29, 1.82) is 0 Å². The first-order valence-corrected chi connectivity index (χ1v) is 3.58. The Morgan fingerprint density at radius 3 is 2.64 bits per heavy atom. The zero-order chi connectivity index (χ0) is 8.10. The van der Waals surface area contributed by atoms with Crippen LogP contribution in [0.1, 0.15) is 0 Å². The minimum atomic E-state index is -0.406. The highest BCUT2D eigenvalue weighted by Gasteiger charge is 2.04. The van der Waals surface area contributed by atoms with E-state index in [0.717, 1.165) is 26.3 Å². The van der Waals surface area contributed by atoms with Gasteiger partial charge in [-0.2, -0.15) is 0 Å². The molecule has 11 heavy (non-hydrogen) atoms. The van der Waals surface area contributed by atoms with E-state index in [9.17, 15) is 4.79 Å². The molecule has 1 aliphatic rings. The summed E-state index contributed by atoms with van der Waals surface area (Å²) in [6.45, 7) is 8.05. The number of morpholine rings is 1. The Balaban J connectivity index is 2.29. The number of carbonyl (C=O) groups is 1.